The first kappa shape index (κ1) is 31.1. The molecule has 2 saturated carbocycles. The molecule has 1 N–H and O–H groups in total. The normalized spacial score (nSPS) is 25.8. The number of hydrogen-bond acceptors (Lipinski definition) is 7. The third kappa shape index (κ3) is 8.65. The Morgan fingerprint density at radius 2 is 1.67 bits per heavy atom. The van der Waals surface area contributed by atoms with Gasteiger partial charge in [0.1, 0.15) is 0 Å². The monoisotopic (exact) mass is 626 g/mol. The fourth-order valence-corrected chi connectivity index (χ4v) is 7.38. The van der Waals surface area contributed by atoms with Crippen LogP contribution < -0.4 is 5.32 Å². The van der Waals surface area contributed by atoms with Gasteiger partial charge < -0.3 is 24.8 Å². The maximum Gasteiger partial charge on any atom is 0.199 e. The summed E-state index contributed by atoms with van der Waals surface area (Å²) in [6.07, 6.45) is 6.64. The van der Waals surface area contributed by atoms with Crippen molar-refractivity contribution < 1.29 is 4.74 Å². The Hall–Kier alpha value is -1.87. The summed E-state index contributed by atoms with van der Waals surface area (Å²) in [4.78, 5) is 15.0. The Bertz CT molecular complexity index is 1210. The minimum Gasteiger partial charge on any atom is -0.379 e. The van der Waals surface area contributed by atoms with E-state index in [1.807, 2.05) is 12.1 Å². The van der Waals surface area contributed by atoms with Crippen LogP contribution in [0.1, 0.15) is 43.2 Å². The lowest BCUT2D eigenvalue weighted by Gasteiger charge is -2.39. The zero-order valence-corrected chi connectivity index (χ0v) is 27.2. The highest BCUT2D eigenvalue weighted by molar-refractivity contribution is 6.42. The molecule has 234 valence electrons. The van der Waals surface area contributed by atoms with Crippen LogP contribution in [0.25, 0.3) is 0 Å². The summed E-state index contributed by atoms with van der Waals surface area (Å²) in [6.45, 7) is 12.6. The standard InChI is InChI=1S/C23H33Cl2N5.C11H15NO/c1-28-7-9-29(10-8-28)5-2-6-30(19-4-3-16-11-17(16)12-19)23-26-15-18-13-20(24)21(25)14-22(18)27-23;1-2-4-11(5-3-1)10-12-6-8-13-9-7-12/h13-14,16-17,19H,2-12,15H2,1H3,(H,26,27);1-5H,6-10H2. The molecule has 2 aromatic rings. The van der Waals surface area contributed by atoms with Gasteiger partial charge in [0.2, 0.25) is 0 Å². The summed E-state index contributed by atoms with van der Waals surface area (Å²) in [6, 6.07) is 15.1. The van der Waals surface area contributed by atoms with Crippen LogP contribution >= 0.6 is 23.2 Å². The number of nitrogens with one attached hydrogen (secondary N) is 1. The lowest BCUT2D eigenvalue weighted by Crippen LogP contribution is -2.48. The number of aliphatic imine (C=N–C) groups is 1. The summed E-state index contributed by atoms with van der Waals surface area (Å²) in [5.74, 6) is 2.99. The molecule has 3 aliphatic heterocycles. The molecule has 0 aromatic heterocycles. The quantitative estimate of drug-likeness (QED) is 0.412. The first-order valence-corrected chi connectivity index (χ1v) is 17.1. The van der Waals surface area contributed by atoms with E-state index in [9.17, 15) is 0 Å². The number of hydrogen-bond donors (Lipinski definition) is 1. The molecule has 3 heterocycles. The second-order valence-electron chi connectivity index (χ2n) is 13.0. The number of nitrogens with zero attached hydrogens (tertiary/aromatic N) is 5. The number of anilines is 1. The zero-order chi connectivity index (χ0) is 29.6. The number of guanidine groups is 1. The molecular weight excluding hydrogens is 579 g/mol. The summed E-state index contributed by atoms with van der Waals surface area (Å²) < 4.78 is 5.30. The van der Waals surface area contributed by atoms with Crippen molar-refractivity contribution in [3.63, 3.8) is 0 Å². The third-order valence-electron chi connectivity index (χ3n) is 9.84. The largest absolute Gasteiger partial charge is 0.379 e. The van der Waals surface area contributed by atoms with E-state index in [2.05, 4.69) is 62.3 Å². The second kappa shape index (κ2) is 14.9. The molecule has 4 fully saturated rings. The Morgan fingerprint density at radius 1 is 0.907 bits per heavy atom. The van der Waals surface area contributed by atoms with E-state index in [0.717, 1.165) is 68.4 Å². The van der Waals surface area contributed by atoms with Gasteiger partial charge in [-0.3, -0.25) is 4.90 Å². The highest BCUT2D eigenvalue weighted by Crippen LogP contribution is 2.50. The molecule has 3 unspecified atom stereocenters. The minimum absolute atomic E-state index is 0.601. The fourth-order valence-electron chi connectivity index (χ4n) is 7.03. The van der Waals surface area contributed by atoms with Gasteiger partial charge in [0.25, 0.3) is 0 Å². The van der Waals surface area contributed by atoms with Gasteiger partial charge in [0.15, 0.2) is 5.96 Å². The number of rotatable bonds is 7. The SMILES string of the molecule is CN1CCN(CCCN(C2=NCc3cc(Cl)c(Cl)cc3N2)C2CCC3CC3C2)CC1.c1ccc(CN2CCOCC2)cc1. The van der Waals surface area contributed by atoms with Crippen molar-refractivity contribution in [3.05, 3.63) is 63.6 Å². The van der Waals surface area contributed by atoms with Crippen LogP contribution in [0.2, 0.25) is 10.0 Å². The summed E-state index contributed by atoms with van der Waals surface area (Å²) in [5.41, 5.74) is 3.57. The van der Waals surface area contributed by atoms with Gasteiger partial charge in [-0.25, -0.2) is 4.99 Å². The van der Waals surface area contributed by atoms with E-state index in [1.165, 1.54) is 70.4 Å². The molecule has 2 aromatic carbocycles. The predicted octanol–water partition coefficient (Wildman–Crippen LogP) is 5.92. The van der Waals surface area contributed by atoms with E-state index in [-0.39, 0.29) is 0 Å². The van der Waals surface area contributed by atoms with Crippen molar-refractivity contribution >= 4 is 34.8 Å². The van der Waals surface area contributed by atoms with Crippen LogP contribution in [0.3, 0.4) is 0 Å². The maximum atomic E-state index is 6.29. The first-order valence-electron chi connectivity index (χ1n) is 16.3. The summed E-state index contributed by atoms with van der Waals surface area (Å²) in [7, 11) is 2.22. The molecular formula is C34H48Cl2N6O. The van der Waals surface area contributed by atoms with Crippen molar-refractivity contribution in [3.8, 4) is 0 Å². The molecule has 7 rings (SSSR count). The number of morpholine rings is 1. The molecule has 7 nitrogen and oxygen atoms in total. The molecule has 2 aliphatic carbocycles. The fraction of sp³-hybridized carbons (Fsp3) is 0.618. The topological polar surface area (TPSA) is 46.6 Å². The number of fused-ring (bicyclic) bond motifs is 2. The number of likely N-dealkylation sites (N-methyl/N-ethyl adjacent to an activating group) is 1. The molecule has 43 heavy (non-hydrogen) atoms. The van der Waals surface area contributed by atoms with Crippen molar-refractivity contribution in [2.24, 2.45) is 16.8 Å². The third-order valence-corrected chi connectivity index (χ3v) is 10.6. The molecule has 0 spiro atoms. The molecule has 0 amide bonds. The number of benzene rings is 2. The predicted molar refractivity (Wildman–Crippen MR) is 178 cm³/mol. The first-order chi connectivity index (χ1) is 21.0. The van der Waals surface area contributed by atoms with Gasteiger partial charge in [-0.05, 0) is 80.8 Å². The van der Waals surface area contributed by atoms with Crippen molar-refractivity contribution in [2.45, 2.75) is 51.2 Å². The van der Waals surface area contributed by atoms with Crippen molar-refractivity contribution in [1.29, 1.82) is 0 Å². The highest BCUT2D eigenvalue weighted by Gasteiger charge is 2.44. The van der Waals surface area contributed by atoms with E-state index < -0.39 is 0 Å². The van der Waals surface area contributed by atoms with Gasteiger partial charge in [0.05, 0.1) is 29.8 Å². The van der Waals surface area contributed by atoms with Crippen molar-refractivity contribution in [1.82, 2.24) is 19.6 Å². The molecule has 9 heteroatoms. The van der Waals surface area contributed by atoms with Gasteiger partial charge in [-0.2, -0.15) is 0 Å². The second-order valence-corrected chi connectivity index (χ2v) is 13.8. The average Bonchev–Trinajstić information content (AvgIpc) is 3.81. The van der Waals surface area contributed by atoms with Gasteiger partial charge in [-0.1, -0.05) is 53.5 Å². The highest BCUT2D eigenvalue weighted by atomic mass is 35.5. The smallest absolute Gasteiger partial charge is 0.199 e. The Morgan fingerprint density at radius 3 is 2.44 bits per heavy atom. The molecule has 0 bridgehead atoms. The Labute approximate surface area is 268 Å². The lowest BCUT2D eigenvalue weighted by atomic mass is 9.94. The number of halogens is 2. The van der Waals surface area contributed by atoms with E-state index in [1.54, 1.807) is 0 Å². The summed E-state index contributed by atoms with van der Waals surface area (Å²) in [5, 5.41) is 4.80. The van der Waals surface area contributed by atoms with Crippen LogP contribution in [-0.2, 0) is 17.8 Å². The van der Waals surface area contributed by atoms with Crippen LogP contribution in [0.4, 0.5) is 5.69 Å². The minimum atomic E-state index is 0.601. The van der Waals surface area contributed by atoms with Crippen LogP contribution in [-0.4, -0.2) is 104 Å². The van der Waals surface area contributed by atoms with E-state index in [4.69, 9.17) is 32.9 Å². The van der Waals surface area contributed by atoms with Gasteiger partial charge in [-0.15, -0.1) is 0 Å². The number of ether oxygens (including phenoxy) is 1. The zero-order valence-electron chi connectivity index (χ0n) is 25.7. The van der Waals surface area contributed by atoms with Gasteiger partial charge in [0, 0.05) is 64.1 Å². The van der Waals surface area contributed by atoms with Gasteiger partial charge >= 0.3 is 0 Å². The van der Waals surface area contributed by atoms with E-state index >= 15 is 0 Å². The molecule has 0 radical (unpaired) electrons. The average molecular weight is 628 g/mol. The maximum absolute atomic E-state index is 6.29. The Balaban J connectivity index is 0.000000211. The lowest BCUT2D eigenvalue weighted by molar-refractivity contribution is 0.0342. The van der Waals surface area contributed by atoms with E-state index in [0.29, 0.717) is 22.6 Å². The Kier molecular flexibility index (Phi) is 10.8. The molecule has 2 saturated heterocycles. The number of piperazine rings is 1. The van der Waals surface area contributed by atoms with Crippen LogP contribution in [0.5, 0.6) is 0 Å². The van der Waals surface area contributed by atoms with Crippen LogP contribution in [0, 0.1) is 11.8 Å². The molecule has 5 aliphatic rings. The van der Waals surface area contributed by atoms with Crippen molar-refractivity contribution in [2.75, 3.05) is 77.9 Å². The summed E-state index contributed by atoms with van der Waals surface area (Å²) >= 11 is 12.5. The molecule has 3 atom stereocenters. The van der Waals surface area contributed by atoms with Crippen LogP contribution in [0.15, 0.2) is 47.5 Å².